The summed E-state index contributed by atoms with van der Waals surface area (Å²) < 4.78 is 0. The summed E-state index contributed by atoms with van der Waals surface area (Å²) in [5.41, 5.74) is 0. The standard InChI is InChI=1S/C11H16O2/c1-3-5-8-6-10(12)9(4-2)11(13)7-8/h3,8-9H,1,4-7H2,2H3. The van der Waals surface area contributed by atoms with Gasteiger partial charge in [0.25, 0.3) is 0 Å². The largest absolute Gasteiger partial charge is 0.299 e. The van der Waals surface area contributed by atoms with Gasteiger partial charge in [0.1, 0.15) is 11.6 Å². The molecule has 72 valence electrons. The third-order valence-corrected chi connectivity index (χ3v) is 2.67. The normalized spacial score (nSPS) is 29.0. The summed E-state index contributed by atoms with van der Waals surface area (Å²) in [6.07, 6.45) is 4.37. The summed E-state index contributed by atoms with van der Waals surface area (Å²) in [5, 5.41) is 0. The summed E-state index contributed by atoms with van der Waals surface area (Å²) in [6.45, 7) is 5.52. The molecular formula is C11H16O2. The Balaban J connectivity index is 2.61. The molecule has 0 spiro atoms. The van der Waals surface area contributed by atoms with Crippen molar-refractivity contribution in [3.05, 3.63) is 12.7 Å². The Bertz CT molecular complexity index is 212. The Hall–Kier alpha value is -0.920. The van der Waals surface area contributed by atoms with Crippen molar-refractivity contribution in [2.45, 2.75) is 32.6 Å². The Labute approximate surface area is 79.0 Å². The number of ketones is 2. The third-order valence-electron chi connectivity index (χ3n) is 2.67. The van der Waals surface area contributed by atoms with E-state index in [1.807, 2.05) is 6.92 Å². The van der Waals surface area contributed by atoms with Gasteiger partial charge in [-0.2, -0.15) is 0 Å². The molecule has 0 unspecified atom stereocenters. The fourth-order valence-corrected chi connectivity index (χ4v) is 1.96. The zero-order chi connectivity index (χ0) is 9.84. The lowest BCUT2D eigenvalue weighted by Crippen LogP contribution is -2.32. The van der Waals surface area contributed by atoms with E-state index in [-0.39, 0.29) is 23.4 Å². The first-order valence-corrected chi connectivity index (χ1v) is 4.85. The van der Waals surface area contributed by atoms with Gasteiger partial charge in [-0.25, -0.2) is 0 Å². The molecule has 0 saturated heterocycles. The second-order valence-corrected chi connectivity index (χ2v) is 3.69. The highest BCUT2D eigenvalue weighted by Gasteiger charge is 2.33. The van der Waals surface area contributed by atoms with E-state index < -0.39 is 0 Å². The van der Waals surface area contributed by atoms with Gasteiger partial charge in [0, 0.05) is 12.8 Å². The van der Waals surface area contributed by atoms with Gasteiger partial charge in [-0.15, -0.1) is 6.58 Å². The maximum absolute atomic E-state index is 11.5. The van der Waals surface area contributed by atoms with Crippen LogP contribution in [0.4, 0.5) is 0 Å². The van der Waals surface area contributed by atoms with E-state index in [9.17, 15) is 9.59 Å². The first-order chi connectivity index (χ1) is 6.19. The Morgan fingerprint density at radius 3 is 2.31 bits per heavy atom. The van der Waals surface area contributed by atoms with Crippen LogP contribution in [0.2, 0.25) is 0 Å². The maximum Gasteiger partial charge on any atom is 0.143 e. The smallest absolute Gasteiger partial charge is 0.143 e. The summed E-state index contributed by atoms with van der Waals surface area (Å²) in [5.74, 6) is 0.178. The van der Waals surface area contributed by atoms with Crippen molar-refractivity contribution in [1.29, 1.82) is 0 Å². The van der Waals surface area contributed by atoms with Gasteiger partial charge in [0.15, 0.2) is 0 Å². The number of allylic oxidation sites excluding steroid dienone is 1. The Morgan fingerprint density at radius 1 is 1.38 bits per heavy atom. The minimum Gasteiger partial charge on any atom is -0.299 e. The maximum atomic E-state index is 11.5. The highest BCUT2D eigenvalue weighted by atomic mass is 16.2. The second kappa shape index (κ2) is 4.35. The monoisotopic (exact) mass is 180 g/mol. The van der Waals surface area contributed by atoms with Gasteiger partial charge in [0.05, 0.1) is 5.92 Å². The highest BCUT2D eigenvalue weighted by Crippen LogP contribution is 2.27. The summed E-state index contributed by atoms with van der Waals surface area (Å²) in [4.78, 5) is 22.9. The molecule has 0 N–H and O–H groups in total. The van der Waals surface area contributed by atoms with Gasteiger partial charge in [0.2, 0.25) is 0 Å². The van der Waals surface area contributed by atoms with E-state index in [1.165, 1.54) is 0 Å². The average Bonchev–Trinajstić information content (AvgIpc) is 2.04. The van der Waals surface area contributed by atoms with E-state index >= 15 is 0 Å². The molecule has 0 heterocycles. The lowest BCUT2D eigenvalue weighted by molar-refractivity contribution is -0.137. The molecule has 0 radical (unpaired) electrons. The molecule has 0 aromatic carbocycles. The zero-order valence-electron chi connectivity index (χ0n) is 8.08. The molecule has 0 amide bonds. The SMILES string of the molecule is C=CCC1CC(=O)C(CC)C(=O)C1. The topological polar surface area (TPSA) is 34.1 Å². The van der Waals surface area contributed by atoms with Crippen LogP contribution in [0.15, 0.2) is 12.7 Å². The average molecular weight is 180 g/mol. The van der Waals surface area contributed by atoms with E-state index in [1.54, 1.807) is 6.08 Å². The highest BCUT2D eigenvalue weighted by molar-refractivity contribution is 6.04. The minimum absolute atomic E-state index is 0.130. The zero-order valence-corrected chi connectivity index (χ0v) is 8.08. The fraction of sp³-hybridized carbons (Fsp3) is 0.636. The van der Waals surface area contributed by atoms with Gasteiger partial charge in [-0.05, 0) is 18.8 Å². The molecule has 0 aromatic heterocycles. The number of Topliss-reactive ketones (excluding diaryl/α,β-unsaturated/α-hetero) is 2. The van der Waals surface area contributed by atoms with Crippen molar-refractivity contribution in [2.24, 2.45) is 11.8 Å². The first kappa shape index (κ1) is 10.2. The molecule has 1 aliphatic rings. The van der Waals surface area contributed by atoms with Crippen molar-refractivity contribution < 1.29 is 9.59 Å². The Morgan fingerprint density at radius 2 is 1.92 bits per heavy atom. The van der Waals surface area contributed by atoms with E-state index in [2.05, 4.69) is 6.58 Å². The molecule has 2 heteroatoms. The lowest BCUT2D eigenvalue weighted by atomic mass is 9.77. The second-order valence-electron chi connectivity index (χ2n) is 3.69. The van der Waals surface area contributed by atoms with Crippen molar-refractivity contribution in [1.82, 2.24) is 0 Å². The van der Waals surface area contributed by atoms with Crippen LogP contribution in [0, 0.1) is 11.8 Å². The number of carbonyl (C=O) groups excluding carboxylic acids is 2. The molecule has 0 atom stereocenters. The molecular weight excluding hydrogens is 164 g/mol. The van der Waals surface area contributed by atoms with Crippen molar-refractivity contribution in [3.63, 3.8) is 0 Å². The van der Waals surface area contributed by atoms with Crippen LogP contribution in [-0.2, 0) is 9.59 Å². The molecule has 1 saturated carbocycles. The van der Waals surface area contributed by atoms with Crippen LogP contribution in [-0.4, -0.2) is 11.6 Å². The van der Waals surface area contributed by atoms with E-state index in [0.29, 0.717) is 19.3 Å². The van der Waals surface area contributed by atoms with Crippen LogP contribution < -0.4 is 0 Å². The Kier molecular flexibility index (Phi) is 3.40. The van der Waals surface area contributed by atoms with Crippen molar-refractivity contribution in [3.8, 4) is 0 Å². The quantitative estimate of drug-likeness (QED) is 0.492. The van der Waals surface area contributed by atoms with E-state index in [4.69, 9.17) is 0 Å². The molecule has 1 fully saturated rings. The first-order valence-electron chi connectivity index (χ1n) is 4.85. The summed E-state index contributed by atoms with van der Waals surface area (Å²) in [6, 6.07) is 0. The van der Waals surface area contributed by atoms with Gasteiger partial charge in [-0.3, -0.25) is 9.59 Å². The van der Waals surface area contributed by atoms with Crippen molar-refractivity contribution >= 4 is 11.6 Å². The summed E-state index contributed by atoms with van der Waals surface area (Å²) in [7, 11) is 0. The van der Waals surface area contributed by atoms with Crippen LogP contribution in [0.3, 0.4) is 0 Å². The van der Waals surface area contributed by atoms with Crippen LogP contribution in [0.25, 0.3) is 0 Å². The van der Waals surface area contributed by atoms with Crippen LogP contribution >= 0.6 is 0 Å². The molecule has 0 aromatic rings. The van der Waals surface area contributed by atoms with Crippen LogP contribution in [0.5, 0.6) is 0 Å². The van der Waals surface area contributed by atoms with Crippen LogP contribution in [0.1, 0.15) is 32.6 Å². The molecule has 0 bridgehead atoms. The number of carbonyl (C=O) groups is 2. The van der Waals surface area contributed by atoms with Crippen molar-refractivity contribution in [2.75, 3.05) is 0 Å². The number of hydrogen-bond donors (Lipinski definition) is 0. The van der Waals surface area contributed by atoms with Gasteiger partial charge >= 0.3 is 0 Å². The third kappa shape index (κ3) is 2.27. The summed E-state index contributed by atoms with van der Waals surface area (Å²) >= 11 is 0. The minimum atomic E-state index is -0.305. The van der Waals surface area contributed by atoms with Gasteiger partial charge < -0.3 is 0 Å². The lowest BCUT2D eigenvalue weighted by Gasteiger charge is -2.24. The number of rotatable bonds is 3. The molecule has 0 aliphatic heterocycles. The molecule has 2 nitrogen and oxygen atoms in total. The predicted molar refractivity (Wildman–Crippen MR) is 51.3 cm³/mol. The molecule has 1 rings (SSSR count). The van der Waals surface area contributed by atoms with E-state index in [0.717, 1.165) is 6.42 Å². The fourth-order valence-electron chi connectivity index (χ4n) is 1.96. The predicted octanol–water partition coefficient (Wildman–Crippen LogP) is 2.14. The van der Waals surface area contributed by atoms with Gasteiger partial charge in [-0.1, -0.05) is 13.0 Å². The number of hydrogen-bond acceptors (Lipinski definition) is 2. The molecule has 13 heavy (non-hydrogen) atoms. The molecule has 1 aliphatic carbocycles.